The maximum atomic E-state index is 12.1. The van der Waals surface area contributed by atoms with E-state index in [4.69, 9.17) is 0 Å². The fourth-order valence-electron chi connectivity index (χ4n) is 2.90. The smallest absolute Gasteiger partial charge is 0.319 e. The molecule has 2 aromatic rings. The molecule has 0 radical (unpaired) electrons. The van der Waals surface area contributed by atoms with Crippen LogP contribution < -0.4 is 15.5 Å². The monoisotopic (exact) mass is 353 g/mol. The molecule has 2 rings (SSSR count). The van der Waals surface area contributed by atoms with Crippen LogP contribution in [0.1, 0.15) is 37.3 Å². The van der Waals surface area contributed by atoms with Gasteiger partial charge in [0.15, 0.2) is 0 Å². The lowest BCUT2D eigenvalue weighted by Gasteiger charge is -2.19. The van der Waals surface area contributed by atoms with Crippen LogP contribution in [0.15, 0.2) is 48.5 Å². The first-order valence-electron chi connectivity index (χ1n) is 9.50. The van der Waals surface area contributed by atoms with Crippen LogP contribution in [-0.2, 0) is 6.42 Å². The van der Waals surface area contributed by atoms with Gasteiger partial charge in [0.2, 0.25) is 0 Å². The van der Waals surface area contributed by atoms with Gasteiger partial charge in [-0.25, -0.2) is 4.79 Å². The average Bonchev–Trinajstić information content (AvgIpc) is 2.66. The minimum atomic E-state index is -0.142. The number of anilines is 2. The number of hydrogen-bond acceptors (Lipinski definition) is 2. The van der Waals surface area contributed by atoms with E-state index in [0.717, 1.165) is 30.6 Å². The predicted octanol–water partition coefficient (Wildman–Crippen LogP) is 4.99. The van der Waals surface area contributed by atoms with Crippen molar-refractivity contribution in [1.29, 1.82) is 0 Å². The van der Waals surface area contributed by atoms with Crippen molar-refractivity contribution in [3.63, 3.8) is 0 Å². The van der Waals surface area contributed by atoms with Gasteiger partial charge in [-0.05, 0) is 55.5 Å². The number of hydrogen-bond donors (Lipinski definition) is 2. The summed E-state index contributed by atoms with van der Waals surface area (Å²) in [4.78, 5) is 14.3. The second-order valence-electron chi connectivity index (χ2n) is 6.74. The first-order valence-corrected chi connectivity index (χ1v) is 9.50. The van der Waals surface area contributed by atoms with E-state index in [0.29, 0.717) is 6.54 Å². The number of para-hydroxylation sites is 1. The normalized spacial score (nSPS) is 10.4. The van der Waals surface area contributed by atoms with Crippen LogP contribution in [0.2, 0.25) is 0 Å². The molecule has 4 nitrogen and oxygen atoms in total. The molecule has 0 aliphatic carbocycles. The average molecular weight is 354 g/mol. The molecule has 0 bridgehead atoms. The summed E-state index contributed by atoms with van der Waals surface area (Å²) in [5.74, 6) is 0. The zero-order valence-electron chi connectivity index (χ0n) is 16.2. The largest absolute Gasteiger partial charge is 0.375 e. The number of nitrogens with zero attached hydrogens (tertiary/aromatic N) is 1. The van der Waals surface area contributed by atoms with Gasteiger partial charge in [0.05, 0.1) is 0 Å². The van der Waals surface area contributed by atoms with Gasteiger partial charge in [-0.2, -0.15) is 0 Å². The maximum Gasteiger partial charge on any atom is 0.319 e. The van der Waals surface area contributed by atoms with Crippen molar-refractivity contribution in [3.05, 3.63) is 59.7 Å². The molecule has 26 heavy (non-hydrogen) atoms. The minimum absolute atomic E-state index is 0.142. The molecule has 0 atom stereocenters. The SMILES string of the molecule is CCCCc1ccc(NC(=O)NCCCN(C)c2ccccc2)c(C)c1. The molecule has 0 spiro atoms. The third-order valence-corrected chi connectivity index (χ3v) is 4.51. The summed E-state index contributed by atoms with van der Waals surface area (Å²) in [5, 5.41) is 5.89. The van der Waals surface area contributed by atoms with Crippen LogP contribution in [0, 0.1) is 6.92 Å². The van der Waals surface area contributed by atoms with Gasteiger partial charge in [0, 0.05) is 31.5 Å². The molecule has 2 N–H and O–H groups in total. The van der Waals surface area contributed by atoms with E-state index >= 15 is 0 Å². The van der Waals surface area contributed by atoms with E-state index in [2.05, 4.69) is 53.8 Å². The Morgan fingerprint density at radius 2 is 1.85 bits per heavy atom. The van der Waals surface area contributed by atoms with Crippen molar-refractivity contribution in [2.45, 2.75) is 39.5 Å². The molecular weight excluding hydrogens is 322 g/mol. The zero-order chi connectivity index (χ0) is 18.8. The molecule has 0 unspecified atom stereocenters. The zero-order valence-corrected chi connectivity index (χ0v) is 16.2. The first kappa shape index (κ1) is 19.8. The number of carbonyl (C=O) groups is 1. The number of nitrogens with one attached hydrogen (secondary N) is 2. The van der Waals surface area contributed by atoms with Gasteiger partial charge in [-0.1, -0.05) is 43.7 Å². The standard InChI is InChI=1S/C22H31N3O/c1-4-5-10-19-13-14-21(18(2)17-19)24-22(26)23-15-9-16-25(3)20-11-7-6-8-12-20/h6-8,11-14,17H,4-5,9-10,15-16H2,1-3H3,(H2,23,24,26). The summed E-state index contributed by atoms with van der Waals surface area (Å²) in [6, 6.07) is 16.4. The molecule has 140 valence electrons. The van der Waals surface area contributed by atoms with Crippen LogP contribution in [0.25, 0.3) is 0 Å². The van der Waals surface area contributed by atoms with Crippen molar-refractivity contribution in [2.75, 3.05) is 30.4 Å². The Balaban J connectivity index is 1.72. The number of aryl methyl sites for hydroxylation is 2. The Morgan fingerprint density at radius 1 is 1.08 bits per heavy atom. The lowest BCUT2D eigenvalue weighted by Crippen LogP contribution is -2.31. The maximum absolute atomic E-state index is 12.1. The summed E-state index contributed by atoms with van der Waals surface area (Å²) in [7, 11) is 2.07. The topological polar surface area (TPSA) is 44.4 Å². The second kappa shape index (κ2) is 10.5. The third-order valence-electron chi connectivity index (χ3n) is 4.51. The Morgan fingerprint density at radius 3 is 2.54 bits per heavy atom. The van der Waals surface area contributed by atoms with Crippen LogP contribution in [-0.4, -0.2) is 26.2 Å². The lowest BCUT2D eigenvalue weighted by atomic mass is 10.0. The summed E-state index contributed by atoms with van der Waals surface area (Å²) in [6.07, 6.45) is 4.39. The van der Waals surface area contributed by atoms with E-state index in [1.807, 2.05) is 31.2 Å². The molecule has 4 heteroatoms. The molecule has 2 aromatic carbocycles. The summed E-state index contributed by atoms with van der Waals surface area (Å²) < 4.78 is 0. The van der Waals surface area contributed by atoms with Gasteiger partial charge in [-0.3, -0.25) is 0 Å². The molecule has 0 aliphatic rings. The Bertz CT molecular complexity index is 685. The summed E-state index contributed by atoms with van der Waals surface area (Å²) >= 11 is 0. The van der Waals surface area contributed by atoms with Crippen LogP contribution >= 0.6 is 0 Å². The summed E-state index contributed by atoms with van der Waals surface area (Å²) in [6.45, 7) is 5.79. The number of rotatable bonds is 9. The number of benzene rings is 2. The molecule has 2 amide bonds. The van der Waals surface area contributed by atoms with Crippen molar-refractivity contribution in [2.24, 2.45) is 0 Å². The fraction of sp³-hybridized carbons (Fsp3) is 0.409. The van der Waals surface area contributed by atoms with E-state index in [1.165, 1.54) is 24.1 Å². The lowest BCUT2D eigenvalue weighted by molar-refractivity contribution is 0.252. The van der Waals surface area contributed by atoms with Crippen molar-refractivity contribution >= 4 is 17.4 Å². The molecule has 0 saturated carbocycles. The van der Waals surface area contributed by atoms with E-state index in [-0.39, 0.29) is 6.03 Å². The van der Waals surface area contributed by atoms with Gasteiger partial charge in [-0.15, -0.1) is 0 Å². The third kappa shape index (κ3) is 6.43. The van der Waals surface area contributed by atoms with Crippen molar-refractivity contribution in [1.82, 2.24) is 5.32 Å². The number of carbonyl (C=O) groups excluding carboxylic acids is 1. The fourth-order valence-corrected chi connectivity index (χ4v) is 2.90. The highest BCUT2D eigenvalue weighted by Gasteiger charge is 2.05. The highest BCUT2D eigenvalue weighted by atomic mass is 16.2. The van der Waals surface area contributed by atoms with Crippen LogP contribution in [0.5, 0.6) is 0 Å². The minimum Gasteiger partial charge on any atom is -0.375 e. The Labute approximate surface area is 157 Å². The highest BCUT2D eigenvalue weighted by Crippen LogP contribution is 2.18. The van der Waals surface area contributed by atoms with Crippen LogP contribution in [0.3, 0.4) is 0 Å². The van der Waals surface area contributed by atoms with Crippen molar-refractivity contribution in [3.8, 4) is 0 Å². The molecular formula is C22H31N3O. The van der Waals surface area contributed by atoms with Crippen LogP contribution in [0.4, 0.5) is 16.2 Å². The predicted molar refractivity (Wildman–Crippen MR) is 111 cm³/mol. The molecule has 0 saturated heterocycles. The quantitative estimate of drug-likeness (QED) is 0.624. The number of urea groups is 1. The van der Waals surface area contributed by atoms with Gasteiger partial charge in [0.1, 0.15) is 0 Å². The molecule has 0 heterocycles. The van der Waals surface area contributed by atoms with Gasteiger partial charge >= 0.3 is 6.03 Å². The highest BCUT2D eigenvalue weighted by molar-refractivity contribution is 5.90. The van der Waals surface area contributed by atoms with Gasteiger partial charge < -0.3 is 15.5 Å². The number of unbranched alkanes of at least 4 members (excludes halogenated alkanes) is 1. The second-order valence-corrected chi connectivity index (χ2v) is 6.74. The molecule has 0 aliphatic heterocycles. The van der Waals surface area contributed by atoms with E-state index < -0.39 is 0 Å². The Kier molecular flexibility index (Phi) is 8.00. The van der Waals surface area contributed by atoms with Crippen molar-refractivity contribution < 1.29 is 4.79 Å². The molecule has 0 aromatic heterocycles. The first-order chi connectivity index (χ1) is 12.6. The van der Waals surface area contributed by atoms with E-state index in [9.17, 15) is 4.79 Å². The summed E-state index contributed by atoms with van der Waals surface area (Å²) in [5.41, 5.74) is 4.51. The Hall–Kier alpha value is -2.49. The van der Waals surface area contributed by atoms with E-state index in [1.54, 1.807) is 0 Å². The molecule has 0 fully saturated rings. The van der Waals surface area contributed by atoms with Gasteiger partial charge in [0.25, 0.3) is 0 Å². The number of amides is 2.